The third-order valence-corrected chi connectivity index (χ3v) is 4.24. The number of fused-ring (bicyclic) bond motifs is 1. The van der Waals surface area contributed by atoms with Crippen LogP contribution in [-0.4, -0.2) is 26.8 Å². The maximum absolute atomic E-state index is 12.9. The van der Waals surface area contributed by atoms with E-state index in [2.05, 4.69) is 21.8 Å². The number of halogens is 2. The molecule has 0 aliphatic carbocycles. The Bertz CT molecular complexity index is 974. The number of carbonyl (C=O) groups is 1. The second kappa shape index (κ2) is 6.95. The Balaban J connectivity index is 1.90. The van der Waals surface area contributed by atoms with Crippen molar-refractivity contribution >= 4 is 40.4 Å². The summed E-state index contributed by atoms with van der Waals surface area (Å²) in [6.45, 7) is 0. The molecule has 0 bridgehead atoms. The molecular formula is C17H10ClFN2O2S. The van der Waals surface area contributed by atoms with Gasteiger partial charge in [-0.15, -0.1) is 0 Å². The minimum Gasteiger partial charge on any atom is -0.481 e. The molecule has 24 heavy (non-hydrogen) atoms. The van der Waals surface area contributed by atoms with Gasteiger partial charge in [-0.1, -0.05) is 35.2 Å². The first-order valence-electron chi connectivity index (χ1n) is 6.83. The number of hydrogen-bond acceptors (Lipinski definition) is 3. The highest BCUT2D eigenvalue weighted by molar-refractivity contribution is 7.99. The zero-order chi connectivity index (χ0) is 17.1. The molecular weight excluding hydrogens is 351 g/mol. The van der Waals surface area contributed by atoms with Crippen LogP contribution in [0.25, 0.3) is 11.0 Å². The summed E-state index contributed by atoms with van der Waals surface area (Å²) in [4.78, 5) is 17.9. The van der Waals surface area contributed by atoms with Gasteiger partial charge in [-0.2, -0.15) is 0 Å². The van der Waals surface area contributed by atoms with Gasteiger partial charge in [-0.3, -0.25) is 4.79 Å². The van der Waals surface area contributed by atoms with Crippen molar-refractivity contribution < 1.29 is 14.3 Å². The van der Waals surface area contributed by atoms with E-state index >= 15 is 0 Å². The van der Waals surface area contributed by atoms with Crippen LogP contribution < -0.4 is 0 Å². The molecule has 0 unspecified atom stereocenters. The van der Waals surface area contributed by atoms with Crippen LogP contribution in [0.3, 0.4) is 0 Å². The first-order valence-corrected chi connectivity index (χ1v) is 8.19. The van der Waals surface area contributed by atoms with Gasteiger partial charge in [0.05, 0.1) is 21.8 Å². The van der Waals surface area contributed by atoms with Crippen LogP contribution in [-0.2, 0) is 4.79 Å². The normalized spacial score (nSPS) is 10.4. The van der Waals surface area contributed by atoms with Crippen molar-refractivity contribution in [1.29, 1.82) is 0 Å². The summed E-state index contributed by atoms with van der Waals surface area (Å²) in [6, 6.07) is 9.29. The number of aromatic amines is 1. The molecule has 0 amide bonds. The molecule has 2 aromatic carbocycles. The standard InChI is InChI=1S/C17H10ClFN2O2S/c18-13-8-15-14(20-17(21-15)24-9-16(22)23)7-11(13)4-1-10-2-5-12(19)6-3-10/h2-3,5-8H,9H2,(H,20,21)(H,22,23). The largest absolute Gasteiger partial charge is 0.481 e. The van der Waals surface area contributed by atoms with Gasteiger partial charge in [0, 0.05) is 11.1 Å². The Morgan fingerprint density at radius 2 is 2.04 bits per heavy atom. The Labute approximate surface area is 146 Å². The number of thioether (sulfide) groups is 1. The number of nitrogens with zero attached hydrogens (tertiary/aromatic N) is 1. The topological polar surface area (TPSA) is 66.0 Å². The van der Waals surface area contributed by atoms with Gasteiger partial charge in [-0.25, -0.2) is 9.37 Å². The SMILES string of the molecule is O=C(O)CSc1nc2cc(C#Cc3ccc(F)cc3)c(Cl)cc2[nH]1. The molecule has 3 aromatic rings. The van der Waals surface area contributed by atoms with Crippen LogP contribution in [0.1, 0.15) is 11.1 Å². The van der Waals surface area contributed by atoms with Crippen molar-refractivity contribution in [3.05, 3.63) is 58.4 Å². The summed E-state index contributed by atoms with van der Waals surface area (Å²) in [5.41, 5.74) is 2.62. The average molecular weight is 361 g/mol. The molecule has 0 spiro atoms. The molecule has 0 saturated carbocycles. The summed E-state index contributed by atoms with van der Waals surface area (Å²) in [5, 5.41) is 9.67. The van der Waals surface area contributed by atoms with Gasteiger partial charge in [0.2, 0.25) is 0 Å². The van der Waals surface area contributed by atoms with E-state index in [0.717, 1.165) is 11.8 Å². The number of benzene rings is 2. The predicted octanol–water partition coefficient (Wildman–Crippen LogP) is 3.93. The number of nitrogens with one attached hydrogen (secondary N) is 1. The molecule has 120 valence electrons. The molecule has 4 nitrogen and oxygen atoms in total. The van der Waals surface area contributed by atoms with E-state index in [4.69, 9.17) is 16.7 Å². The van der Waals surface area contributed by atoms with Crippen molar-refractivity contribution in [2.24, 2.45) is 0 Å². The van der Waals surface area contributed by atoms with E-state index in [1.54, 1.807) is 24.3 Å². The van der Waals surface area contributed by atoms with E-state index in [9.17, 15) is 9.18 Å². The molecule has 0 saturated heterocycles. The van der Waals surface area contributed by atoms with Crippen LogP contribution in [0.5, 0.6) is 0 Å². The van der Waals surface area contributed by atoms with Crippen LogP contribution in [0, 0.1) is 17.7 Å². The van der Waals surface area contributed by atoms with Crippen molar-refractivity contribution in [2.45, 2.75) is 5.16 Å². The molecule has 1 heterocycles. The summed E-state index contributed by atoms with van der Waals surface area (Å²) >= 11 is 7.32. The Morgan fingerprint density at radius 1 is 1.29 bits per heavy atom. The van der Waals surface area contributed by atoms with Crippen molar-refractivity contribution in [2.75, 3.05) is 5.75 Å². The number of rotatable bonds is 3. The quantitative estimate of drug-likeness (QED) is 0.548. The fourth-order valence-electron chi connectivity index (χ4n) is 1.97. The lowest BCUT2D eigenvalue weighted by Gasteiger charge is -1.96. The first-order chi connectivity index (χ1) is 11.5. The maximum Gasteiger partial charge on any atom is 0.313 e. The van der Waals surface area contributed by atoms with Gasteiger partial charge in [-0.05, 0) is 36.4 Å². The van der Waals surface area contributed by atoms with Crippen LogP contribution >= 0.6 is 23.4 Å². The number of aliphatic carboxylic acids is 1. The average Bonchev–Trinajstić information content (AvgIpc) is 2.94. The lowest BCUT2D eigenvalue weighted by atomic mass is 10.1. The third-order valence-electron chi connectivity index (χ3n) is 3.07. The fraction of sp³-hybridized carbons (Fsp3) is 0.0588. The molecule has 0 aliphatic rings. The summed E-state index contributed by atoms with van der Waals surface area (Å²) in [6.07, 6.45) is 0. The predicted molar refractivity (Wildman–Crippen MR) is 91.8 cm³/mol. The highest BCUT2D eigenvalue weighted by Gasteiger charge is 2.08. The van der Waals surface area contributed by atoms with Gasteiger partial charge in [0.15, 0.2) is 5.16 Å². The molecule has 2 N–H and O–H groups in total. The van der Waals surface area contributed by atoms with Gasteiger partial charge < -0.3 is 10.1 Å². The summed E-state index contributed by atoms with van der Waals surface area (Å²) in [7, 11) is 0. The molecule has 0 atom stereocenters. The molecule has 0 aliphatic heterocycles. The number of aromatic nitrogens is 2. The van der Waals surface area contributed by atoms with Gasteiger partial charge in [0.1, 0.15) is 5.82 Å². The molecule has 1 aromatic heterocycles. The van der Waals surface area contributed by atoms with E-state index in [1.165, 1.54) is 12.1 Å². The Morgan fingerprint density at radius 3 is 2.75 bits per heavy atom. The van der Waals surface area contributed by atoms with Crippen LogP contribution in [0.4, 0.5) is 4.39 Å². The Kier molecular flexibility index (Phi) is 4.74. The van der Waals surface area contributed by atoms with Crippen LogP contribution in [0.15, 0.2) is 41.6 Å². The lowest BCUT2D eigenvalue weighted by molar-refractivity contribution is -0.133. The number of carboxylic acid groups (broad SMARTS) is 1. The second-order valence-electron chi connectivity index (χ2n) is 4.83. The van der Waals surface area contributed by atoms with Crippen molar-refractivity contribution in [3.63, 3.8) is 0 Å². The highest BCUT2D eigenvalue weighted by atomic mass is 35.5. The first kappa shape index (κ1) is 16.4. The monoisotopic (exact) mass is 360 g/mol. The minimum atomic E-state index is -0.913. The fourth-order valence-corrected chi connectivity index (χ4v) is 2.79. The molecule has 3 rings (SSSR count). The van der Waals surface area contributed by atoms with Gasteiger partial charge >= 0.3 is 5.97 Å². The van der Waals surface area contributed by atoms with Gasteiger partial charge in [0.25, 0.3) is 0 Å². The highest BCUT2D eigenvalue weighted by Crippen LogP contribution is 2.25. The third kappa shape index (κ3) is 3.88. The molecule has 7 heteroatoms. The zero-order valence-corrected chi connectivity index (χ0v) is 13.7. The van der Waals surface area contributed by atoms with Crippen LogP contribution in [0.2, 0.25) is 5.02 Å². The number of H-pyrrole nitrogens is 1. The number of hydrogen-bond donors (Lipinski definition) is 2. The second-order valence-corrected chi connectivity index (χ2v) is 6.20. The number of carboxylic acids is 1. The minimum absolute atomic E-state index is 0.0786. The lowest BCUT2D eigenvalue weighted by Crippen LogP contribution is -1.97. The number of imidazole rings is 1. The maximum atomic E-state index is 12.9. The zero-order valence-electron chi connectivity index (χ0n) is 12.1. The summed E-state index contributed by atoms with van der Waals surface area (Å²) < 4.78 is 12.9. The van der Waals surface area contributed by atoms with E-state index in [0.29, 0.717) is 32.3 Å². The van der Waals surface area contributed by atoms with E-state index in [1.807, 2.05) is 0 Å². The smallest absolute Gasteiger partial charge is 0.313 e. The molecule has 0 fully saturated rings. The van der Waals surface area contributed by atoms with Crippen molar-refractivity contribution in [3.8, 4) is 11.8 Å². The van der Waals surface area contributed by atoms with E-state index < -0.39 is 5.97 Å². The summed E-state index contributed by atoms with van der Waals surface area (Å²) in [5.74, 6) is 4.55. The molecule has 0 radical (unpaired) electrons. The van der Waals surface area contributed by atoms with Crippen molar-refractivity contribution in [1.82, 2.24) is 9.97 Å². The van der Waals surface area contributed by atoms with E-state index in [-0.39, 0.29) is 11.6 Å². The Hall–Kier alpha value is -2.49.